The number of phenolic OH excluding ortho intramolecular Hbond substituents is 1. The molecule has 7 aromatic rings. The number of carboxylic acids is 1. The van der Waals surface area contributed by atoms with Crippen LogP contribution in [0, 0.1) is 11.5 Å². The minimum Gasteiger partial charge on any atom is -0.508 e. The Labute approximate surface area is 363 Å². The Bertz CT molecular complexity index is 2200. The smallest absolute Gasteiger partial charge is 0.335 e. The van der Waals surface area contributed by atoms with Crippen LogP contribution in [-0.4, -0.2) is 41.5 Å². The van der Waals surface area contributed by atoms with E-state index in [4.69, 9.17) is 35.4 Å². The molecule has 10 nitrogen and oxygen atoms in total. The number of nitrogens with zero attached hydrogens (tertiary/aromatic N) is 1. The van der Waals surface area contributed by atoms with Crippen LogP contribution in [0.1, 0.15) is 15.9 Å². The highest BCUT2D eigenvalue weighted by Crippen LogP contribution is 2.14. The highest BCUT2D eigenvalue weighted by atomic mass is 16.6. The third-order valence-electron chi connectivity index (χ3n) is 7.23. The number of anilines is 1. The molecule has 1 atom stereocenters. The second-order valence-electron chi connectivity index (χ2n) is 12.1. The largest absolute Gasteiger partial charge is 0.508 e. The van der Waals surface area contributed by atoms with Crippen molar-refractivity contribution in [3.63, 3.8) is 0 Å². The number of epoxide rings is 1. The number of benzene rings is 7. The van der Waals surface area contributed by atoms with Gasteiger partial charge < -0.3 is 34.9 Å². The molecule has 1 heterocycles. The normalized spacial score (nSPS) is 10.8. The summed E-state index contributed by atoms with van der Waals surface area (Å²) in [5.41, 5.74) is 7.68. The lowest BCUT2D eigenvalue weighted by molar-refractivity contribution is -0.128. The Morgan fingerprint density at radius 1 is 0.645 bits per heavy atom. The van der Waals surface area contributed by atoms with Gasteiger partial charge in [-0.25, -0.2) is 9.59 Å². The second kappa shape index (κ2) is 32.6. The number of aromatic carboxylic acids is 1. The number of nitrogen functional groups attached to an aromatic ring is 1. The van der Waals surface area contributed by atoms with Gasteiger partial charge in [-0.05, 0) is 78.4 Å². The van der Waals surface area contributed by atoms with Crippen LogP contribution < -0.4 is 19.9 Å². The molecule has 0 aliphatic carbocycles. The Morgan fingerprint density at radius 3 is 1.37 bits per heavy atom. The van der Waals surface area contributed by atoms with Gasteiger partial charge in [0.25, 0.3) is 6.26 Å². The summed E-state index contributed by atoms with van der Waals surface area (Å²) >= 11 is 0. The Balaban J connectivity index is 0.000000251. The number of nitriles is 1. The number of rotatable bonds is 8. The third-order valence-corrected chi connectivity index (χ3v) is 7.23. The van der Waals surface area contributed by atoms with Crippen LogP contribution in [0.3, 0.4) is 0 Å². The minimum atomic E-state index is -0.879. The number of carbonyl (C=O) groups is 2. The fourth-order valence-electron chi connectivity index (χ4n) is 4.11. The summed E-state index contributed by atoms with van der Waals surface area (Å²) in [5, 5.41) is 25.1. The molecular weight excluding hydrogens is 781 g/mol. The fraction of sp³-hybridized carbons (Fsp3) is 0.0577. The average Bonchev–Trinajstić information content (AvgIpc) is 4.17. The number of para-hydroxylation sites is 5. The van der Waals surface area contributed by atoms with Gasteiger partial charge in [-0.1, -0.05) is 159 Å². The molecular formula is C52H50N2O8. The van der Waals surface area contributed by atoms with Crippen molar-refractivity contribution in [1.82, 2.24) is 0 Å². The van der Waals surface area contributed by atoms with Crippen molar-refractivity contribution >= 4 is 23.7 Å². The van der Waals surface area contributed by atoms with Gasteiger partial charge in [-0.3, -0.25) is 0 Å². The van der Waals surface area contributed by atoms with Crippen molar-refractivity contribution < 1.29 is 38.7 Å². The van der Waals surface area contributed by atoms with Crippen molar-refractivity contribution in [2.45, 2.75) is 6.10 Å². The monoisotopic (exact) mass is 830 g/mol. The molecule has 0 amide bonds. The molecule has 1 saturated heterocycles. The van der Waals surface area contributed by atoms with Crippen molar-refractivity contribution in [3.8, 4) is 29.3 Å². The van der Waals surface area contributed by atoms with Crippen LogP contribution in [-0.2, 0) is 9.53 Å². The maximum absolute atomic E-state index is 10.6. The molecule has 316 valence electrons. The van der Waals surface area contributed by atoms with Crippen LogP contribution >= 0.6 is 0 Å². The van der Waals surface area contributed by atoms with Crippen molar-refractivity contribution in [3.05, 3.63) is 243 Å². The van der Waals surface area contributed by atoms with Crippen LogP contribution in [0.5, 0.6) is 23.0 Å². The topological polar surface area (TPSA) is 165 Å². The molecule has 1 fully saturated rings. The van der Waals surface area contributed by atoms with E-state index in [9.17, 15) is 9.59 Å². The first-order valence-electron chi connectivity index (χ1n) is 19.0. The van der Waals surface area contributed by atoms with E-state index in [1.165, 1.54) is 5.56 Å². The van der Waals surface area contributed by atoms with Gasteiger partial charge in [0.2, 0.25) is 0 Å². The van der Waals surface area contributed by atoms with E-state index in [-0.39, 0.29) is 0 Å². The molecule has 1 aliphatic rings. The Hall–Kier alpha value is -8.39. The van der Waals surface area contributed by atoms with Crippen LogP contribution in [0.2, 0.25) is 0 Å². The zero-order chi connectivity index (χ0) is 44.9. The van der Waals surface area contributed by atoms with Crippen LogP contribution in [0.4, 0.5) is 5.69 Å². The number of ether oxygens (including phenoxy) is 4. The quantitative estimate of drug-likeness (QED) is 0.0335. The highest BCUT2D eigenvalue weighted by Gasteiger charge is 2.22. The summed E-state index contributed by atoms with van der Waals surface area (Å²) in [6, 6.07) is 64.1. The zero-order valence-electron chi connectivity index (χ0n) is 34.1. The molecule has 0 radical (unpaired) electrons. The summed E-state index contributed by atoms with van der Waals surface area (Å²) in [5.74, 6) is 1.05. The maximum atomic E-state index is 10.6. The first kappa shape index (κ1) is 49.8. The van der Waals surface area contributed by atoms with Gasteiger partial charge in [-0.2, -0.15) is 0 Å². The summed E-state index contributed by atoms with van der Waals surface area (Å²) in [7, 11) is 0. The Morgan fingerprint density at radius 2 is 1.05 bits per heavy atom. The number of hydrogen-bond acceptors (Lipinski definition) is 9. The Kier molecular flexibility index (Phi) is 26.1. The van der Waals surface area contributed by atoms with E-state index in [0.29, 0.717) is 35.5 Å². The number of phenols is 1. The minimum absolute atomic E-state index is 0.322. The summed E-state index contributed by atoms with van der Waals surface area (Å²) < 4.78 is 19.7. The lowest BCUT2D eigenvalue weighted by Gasteiger charge is -2.01. The van der Waals surface area contributed by atoms with E-state index < -0.39 is 11.9 Å². The van der Waals surface area contributed by atoms with Gasteiger partial charge in [0.05, 0.1) is 12.2 Å². The molecule has 4 N–H and O–H groups in total. The standard InChI is InChI=1S/C9H10O2.C9H8O2.C8H8.C7H5NO.C7H6O2.C6H7N.C6H6O/c1-2-4-8(5-3-1)10-6-9-7-11-9;1-2-9(10)11-8-6-4-3-5-7-8;1-2-8-6-4-3-5-7-8;8-6-9-7-4-2-1-3-5-7;8-7(9)6-4-2-1-3-5-6;2*7-6-4-2-1-3-5-6/h1-5,9H,6-7H2;2-7H,1H2;2-7H,1H2;1-5H;1-5H,(H,8,9);1-5H,7H2;1-5,7H. The highest BCUT2D eigenvalue weighted by molar-refractivity contribution is 5.87. The van der Waals surface area contributed by atoms with Gasteiger partial charge in [0, 0.05) is 11.8 Å². The van der Waals surface area contributed by atoms with Crippen molar-refractivity contribution in [1.29, 1.82) is 5.26 Å². The number of esters is 1. The van der Waals surface area contributed by atoms with Gasteiger partial charge in [-0.15, -0.1) is 5.26 Å². The molecule has 0 bridgehead atoms. The number of aromatic hydroxyl groups is 1. The number of carboxylic acid groups (broad SMARTS) is 1. The average molecular weight is 831 g/mol. The molecule has 8 rings (SSSR count). The third kappa shape index (κ3) is 26.5. The van der Waals surface area contributed by atoms with E-state index in [0.717, 1.165) is 24.1 Å². The summed E-state index contributed by atoms with van der Waals surface area (Å²) in [6.45, 7) is 8.45. The van der Waals surface area contributed by atoms with E-state index in [1.807, 2.05) is 127 Å². The van der Waals surface area contributed by atoms with E-state index in [2.05, 4.69) is 17.9 Å². The molecule has 1 unspecified atom stereocenters. The predicted octanol–water partition coefficient (Wildman–Crippen LogP) is 11.2. The maximum Gasteiger partial charge on any atom is 0.335 e. The lowest BCUT2D eigenvalue weighted by Crippen LogP contribution is -2.03. The number of nitrogens with two attached hydrogens (primary N) is 1. The molecule has 7 aromatic carbocycles. The number of carbonyl (C=O) groups excluding carboxylic acids is 1. The molecule has 0 spiro atoms. The fourth-order valence-corrected chi connectivity index (χ4v) is 4.11. The number of hydrogen-bond donors (Lipinski definition) is 3. The van der Waals surface area contributed by atoms with Crippen molar-refractivity contribution in [2.24, 2.45) is 0 Å². The SMILES string of the molecule is C=CC(=O)Oc1ccccc1.C=Cc1ccccc1.N#COc1ccccc1.Nc1ccccc1.O=C(O)c1ccccc1.Oc1ccccc1.c1ccc(OCC2CO2)cc1. The molecule has 62 heavy (non-hydrogen) atoms. The van der Waals surface area contributed by atoms with E-state index in [1.54, 1.807) is 97.3 Å². The van der Waals surface area contributed by atoms with Crippen molar-refractivity contribution in [2.75, 3.05) is 18.9 Å². The summed E-state index contributed by atoms with van der Waals surface area (Å²) in [4.78, 5) is 20.8. The first-order chi connectivity index (χ1) is 30.2. The molecule has 0 saturated carbocycles. The van der Waals surface area contributed by atoms with Gasteiger partial charge in [0.1, 0.15) is 35.7 Å². The molecule has 10 heteroatoms. The van der Waals surface area contributed by atoms with E-state index >= 15 is 0 Å². The lowest BCUT2D eigenvalue weighted by atomic mass is 10.2. The van der Waals surface area contributed by atoms with Gasteiger partial charge in [0.15, 0.2) is 0 Å². The second-order valence-corrected chi connectivity index (χ2v) is 12.1. The first-order valence-corrected chi connectivity index (χ1v) is 19.0. The predicted molar refractivity (Wildman–Crippen MR) is 246 cm³/mol. The van der Waals surface area contributed by atoms with Gasteiger partial charge >= 0.3 is 11.9 Å². The summed E-state index contributed by atoms with van der Waals surface area (Å²) in [6.07, 6.45) is 4.89. The molecule has 1 aliphatic heterocycles. The molecule has 0 aromatic heterocycles. The zero-order valence-corrected chi connectivity index (χ0v) is 34.1. The van der Waals surface area contributed by atoms with Crippen LogP contribution in [0.25, 0.3) is 6.08 Å². The van der Waals surface area contributed by atoms with Crippen LogP contribution in [0.15, 0.2) is 232 Å².